The molecule has 2 aliphatic rings. The maximum Gasteiger partial charge on any atom is 0.274 e. The fourth-order valence-corrected chi connectivity index (χ4v) is 3.97. The summed E-state index contributed by atoms with van der Waals surface area (Å²) < 4.78 is 13.2. The highest BCUT2D eigenvalue weighted by molar-refractivity contribution is 5.94. The molecule has 0 aliphatic carbocycles. The van der Waals surface area contributed by atoms with Gasteiger partial charge in [-0.15, -0.1) is 0 Å². The van der Waals surface area contributed by atoms with Crippen molar-refractivity contribution in [3.63, 3.8) is 0 Å². The molecular weight excluding hydrogens is 356 g/mol. The first-order valence-corrected chi connectivity index (χ1v) is 10.4. The van der Waals surface area contributed by atoms with Gasteiger partial charge in [-0.05, 0) is 37.5 Å². The van der Waals surface area contributed by atoms with Crippen LogP contribution >= 0.6 is 0 Å². The predicted octanol–water partition coefficient (Wildman–Crippen LogP) is 2.16. The van der Waals surface area contributed by atoms with Crippen LogP contribution in [0.25, 0.3) is 5.65 Å². The molecule has 0 spiro atoms. The van der Waals surface area contributed by atoms with Crippen molar-refractivity contribution in [3.05, 3.63) is 35.3 Å². The summed E-state index contributed by atoms with van der Waals surface area (Å²) in [7, 11) is 0. The van der Waals surface area contributed by atoms with E-state index in [0.29, 0.717) is 38.6 Å². The number of hydrogen-bond donors (Lipinski definition) is 1. The summed E-state index contributed by atoms with van der Waals surface area (Å²) in [4.78, 5) is 20.0. The number of ether oxygens (including phenoxy) is 2. The van der Waals surface area contributed by atoms with Crippen LogP contribution in [0.15, 0.2) is 18.3 Å². The molecule has 0 bridgehead atoms. The third kappa shape index (κ3) is 4.37. The molecule has 7 heteroatoms. The first-order chi connectivity index (χ1) is 13.7. The summed E-state index contributed by atoms with van der Waals surface area (Å²) in [6.07, 6.45) is 6.61. The average Bonchev–Trinajstić information content (AvgIpc) is 2.88. The summed E-state index contributed by atoms with van der Waals surface area (Å²) in [5.41, 5.74) is 3.45. The first kappa shape index (κ1) is 19.4. The number of aromatic nitrogens is 2. The van der Waals surface area contributed by atoms with Crippen LogP contribution in [0.3, 0.4) is 0 Å². The van der Waals surface area contributed by atoms with Crippen LogP contribution in [0, 0.1) is 6.92 Å². The molecule has 2 saturated heterocycles. The van der Waals surface area contributed by atoms with Crippen LogP contribution in [-0.2, 0) is 16.0 Å². The van der Waals surface area contributed by atoms with Crippen molar-refractivity contribution in [1.29, 1.82) is 0 Å². The van der Waals surface area contributed by atoms with Crippen molar-refractivity contribution in [2.45, 2.75) is 45.3 Å². The number of carbonyl (C=O) groups excluding carboxylic acids is 1. The quantitative estimate of drug-likeness (QED) is 0.853. The molecule has 0 saturated carbocycles. The third-order valence-corrected chi connectivity index (χ3v) is 5.53. The lowest BCUT2D eigenvalue weighted by molar-refractivity contribution is -0.0864. The second-order valence-corrected chi connectivity index (χ2v) is 7.74. The Kier molecular flexibility index (Phi) is 6.24. The first-order valence-electron chi connectivity index (χ1n) is 10.4. The van der Waals surface area contributed by atoms with E-state index >= 15 is 0 Å². The Morgan fingerprint density at radius 2 is 2.07 bits per heavy atom. The molecule has 0 radical (unpaired) electrons. The number of carbonyl (C=O) groups is 1. The van der Waals surface area contributed by atoms with Gasteiger partial charge in [0.25, 0.3) is 5.91 Å². The molecule has 2 aromatic rings. The Hall–Kier alpha value is -1.96. The number of hydrogen-bond acceptors (Lipinski definition) is 5. The Morgan fingerprint density at radius 1 is 1.25 bits per heavy atom. The van der Waals surface area contributed by atoms with Gasteiger partial charge in [0.05, 0.1) is 31.6 Å². The van der Waals surface area contributed by atoms with Gasteiger partial charge in [-0.1, -0.05) is 12.8 Å². The number of pyridine rings is 1. The van der Waals surface area contributed by atoms with E-state index in [9.17, 15) is 4.79 Å². The minimum absolute atomic E-state index is 0.0531. The number of rotatable bonds is 5. The number of fused-ring (bicyclic) bond motifs is 1. The van der Waals surface area contributed by atoms with Gasteiger partial charge in [0.2, 0.25) is 0 Å². The molecule has 1 N–H and O–H groups in total. The summed E-state index contributed by atoms with van der Waals surface area (Å²) >= 11 is 0. The molecule has 4 rings (SSSR count). The molecule has 2 aliphatic heterocycles. The monoisotopic (exact) mass is 386 g/mol. The number of nitrogens with zero attached hydrogens (tertiary/aromatic N) is 3. The van der Waals surface area contributed by atoms with Crippen molar-refractivity contribution in [2.75, 3.05) is 39.5 Å². The van der Waals surface area contributed by atoms with Crippen LogP contribution in [0.1, 0.15) is 47.4 Å². The van der Waals surface area contributed by atoms with Crippen LogP contribution in [0.4, 0.5) is 0 Å². The number of nitrogens with one attached hydrogen (secondary N) is 1. The molecular formula is C21H30N4O3. The average molecular weight is 386 g/mol. The lowest BCUT2D eigenvalue weighted by atomic mass is 10.2. The molecule has 2 aromatic heterocycles. The third-order valence-electron chi connectivity index (χ3n) is 5.53. The molecule has 28 heavy (non-hydrogen) atoms. The molecule has 7 nitrogen and oxygen atoms in total. The van der Waals surface area contributed by atoms with Crippen LogP contribution in [0.2, 0.25) is 0 Å². The van der Waals surface area contributed by atoms with Crippen molar-refractivity contribution >= 4 is 11.6 Å². The molecule has 4 heterocycles. The number of likely N-dealkylation sites (tertiary alicyclic amines) is 1. The summed E-state index contributed by atoms with van der Waals surface area (Å²) in [6, 6.07) is 4.08. The van der Waals surface area contributed by atoms with E-state index in [4.69, 9.17) is 14.5 Å². The van der Waals surface area contributed by atoms with Crippen molar-refractivity contribution in [3.8, 4) is 0 Å². The standard InChI is InChI=1S/C21H30N4O3/c1-16-6-9-25-18(14-22-13-17-15-27-10-11-28-17)20(23-19(25)12-16)21(26)24-7-4-2-3-5-8-24/h6,9,12,17,22H,2-5,7-8,10-11,13-15H2,1H3/t17-/m0/s1. The molecule has 1 amide bonds. The van der Waals surface area contributed by atoms with Gasteiger partial charge in [-0.3, -0.25) is 4.79 Å². The van der Waals surface area contributed by atoms with E-state index in [1.54, 1.807) is 0 Å². The lowest BCUT2D eigenvalue weighted by Gasteiger charge is -2.23. The highest BCUT2D eigenvalue weighted by atomic mass is 16.6. The van der Waals surface area contributed by atoms with Crippen LogP contribution < -0.4 is 5.32 Å². The van der Waals surface area contributed by atoms with Gasteiger partial charge in [-0.25, -0.2) is 4.98 Å². The summed E-state index contributed by atoms with van der Waals surface area (Å²) in [5, 5.41) is 3.44. The van der Waals surface area contributed by atoms with Crippen LogP contribution in [0.5, 0.6) is 0 Å². The highest BCUT2D eigenvalue weighted by Gasteiger charge is 2.25. The lowest BCUT2D eigenvalue weighted by Crippen LogP contribution is -2.38. The SMILES string of the molecule is Cc1ccn2c(CNC[C@H]3COCCO3)c(C(=O)N3CCCCCC3)nc2c1. The van der Waals surface area contributed by atoms with Crippen molar-refractivity contribution in [2.24, 2.45) is 0 Å². The largest absolute Gasteiger partial charge is 0.376 e. The van der Waals surface area contributed by atoms with Gasteiger partial charge in [0.1, 0.15) is 5.65 Å². The van der Waals surface area contributed by atoms with Gasteiger partial charge >= 0.3 is 0 Å². The second-order valence-electron chi connectivity index (χ2n) is 7.74. The predicted molar refractivity (Wildman–Crippen MR) is 107 cm³/mol. The van der Waals surface area contributed by atoms with Gasteiger partial charge in [0.15, 0.2) is 5.69 Å². The van der Waals surface area contributed by atoms with Crippen LogP contribution in [-0.4, -0.2) is 65.8 Å². The Balaban J connectivity index is 1.55. The Labute approximate surface area is 166 Å². The van der Waals surface area contributed by atoms with E-state index in [2.05, 4.69) is 11.4 Å². The van der Waals surface area contributed by atoms with Gasteiger partial charge in [0, 0.05) is 32.4 Å². The number of imidazole rings is 1. The van der Waals surface area contributed by atoms with Gasteiger partial charge < -0.3 is 24.1 Å². The van der Waals surface area contributed by atoms with E-state index < -0.39 is 0 Å². The molecule has 0 unspecified atom stereocenters. The van der Waals surface area contributed by atoms with E-state index in [1.807, 2.05) is 28.5 Å². The zero-order chi connectivity index (χ0) is 19.3. The van der Waals surface area contributed by atoms with E-state index in [1.165, 1.54) is 12.8 Å². The second kappa shape index (κ2) is 9.03. The zero-order valence-corrected chi connectivity index (χ0v) is 16.7. The molecule has 1 atom stereocenters. The zero-order valence-electron chi connectivity index (χ0n) is 16.7. The number of amides is 1. The van der Waals surface area contributed by atoms with Crippen molar-refractivity contribution < 1.29 is 14.3 Å². The fourth-order valence-electron chi connectivity index (χ4n) is 3.97. The summed E-state index contributed by atoms with van der Waals surface area (Å²) in [6.45, 7) is 6.87. The normalized spacial score (nSPS) is 21.0. The smallest absolute Gasteiger partial charge is 0.274 e. The molecule has 2 fully saturated rings. The number of aryl methyl sites for hydroxylation is 1. The van der Waals surface area contributed by atoms with Crippen molar-refractivity contribution in [1.82, 2.24) is 19.6 Å². The topological polar surface area (TPSA) is 68.1 Å². The molecule has 0 aromatic carbocycles. The minimum Gasteiger partial charge on any atom is -0.376 e. The summed E-state index contributed by atoms with van der Waals surface area (Å²) in [5.74, 6) is 0.0531. The van der Waals surface area contributed by atoms with E-state index in [0.717, 1.165) is 42.8 Å². The highest BCUT2D eigenvalue weighted by Crippen LogP contribution is 2.19. The van der Waals surface area contributed by atoms with Gasteiger partial charge in [-0.2, -0.15) is 0 Å². The fraction of sp³-hybridized carbons (Fsp3) is 0.619. The Bertz CT molecular complexity index is 805. The van der Waals surface area contributed by atoms with E-state index in [-0.39, 0.29) is 12.0 Å². The maximum absolute atomic E-state index is 13.3. The minimum atomic E-state index is 0.0531. The maximum atomic E-state index is 13.3. The molecule has 152 valence electrons. The Morgan fingerprint density at radius 3 is 2.82 bits per heavy atom.